The quantitative estimate of drug-likeness (QED) is 0.871. The molecule has 2 amide bonds. The van der Waals surface area contributed by atoms with E-state index in [1.807, 2.05) is 18.2 Å². The van der Waals surface area contributed by atoms with Crippen LogP contribution in [0.4, 0.5) is 11.4 Å². The Hall–Kier alpha value is -2.66. The average molecular weight is 337 g/mol. The minimum atomic E-state index is -0.280. The number of anilines is 2. The van der Waals surface area contributed by atoms with Gasteiger partial charge in [-0.3, -0.25) is 19.4 Å². The Bertz CT molecular complexity index is 761. The molecule has 1 fully saturated rings. The molecule has 1 aliphatic heterocycles. The van der Waals surface area contributed by atoms with Crippen molar-refractivity contribution in [1.82, 2.24) is 4.90 Å². The van der Waals surface area contributed by atoms with Crippen LogP contribution in [0.3, 0.4) is 0 Å². The van der Waals surface area contributed by atoms with Gasteiger partial charge in [0.2, 0.25) is 11.8 Å². The highest BCUT2D eigenvalue weighted by Crippen LogP contribution is 2.25. The summed E-state index contributed by atoms with van der Waals surface area (Å²) in [6, 6.07) is 17.1. The Balaban J connectivity index is 1.70. The second-order valence-corrected chi connectivity index (χ2v) is 6.49. The van der Waals surface area contributed by atoms with Crippen LogP contribution in [0.1, 0.15) is 18.9 Å². The molecule has 5 heteroatoms. The lowest BCUT2D eigenvalue weighted by Gasteiger charge is -2.23. The summed E-state index contributed by atoms with van der Waals surface area (Å²) in [5.74, 6) is -0.597. The van der Waals surface area contributed by atoms with E-state index in [0.29, 0.717) is 17.9 Å². The number of nitrogens with two attached hydrogens (primary N) is 1. The number of hydrogen-bond acceptors (Lipinski definition) is 4. The lowest BCUT2D eigenvalue weighted by molar-refractivity contribution is -0.127. The molecule has 0 saturated carbocycles. The van der Waals surface area contributed by atoms with Gasteiger partial charge in [-0.2, -0.15) is 0 Å². The largest absolute Gasteiger partial charge is 0.399 e. The van der Waals surface area contributed by atoms with E-state index in [2.05, 4.69) is 17.0 Å². The van der Waals surface area contributed by atoms with Crippen molar-refractivity contribution in [2.24, 2.45) is 5.92 Å². The maximum Gasteiger partial charge on any atom is 0.238 e. The van der Waals surface area contributed by atoms with Gasteiger partial charge in [0, 0.05) is 25.7 Å². The van der Waals surface area contributed by atoms with Crippen molar-refractivity contribution < 1.29 is 9.59 Å². The van der Waals surface area contributed by atoms with Crippen molar-refractivity contribution >= 4 is 23.2 Å². The number of hydrogen-bond donors (Lipinski definition) is 1. The number of carbonyl (C=O) groups is 2. The highest BCUT2D eigenvalue weighted by atomic mass is 16.2. The van der Waals surface area contributed by atoms with Gasteiger partial charge >= 0.3 is 0 Å². The van der Waals surface area contributed by atoms with E-state index in [4.69, 9.17) is 5.73 Å². The summed E-state index contributed by atoms with van der Waals surface area (Å²) in [6.45, 7) is 3.76. The SMILES string of the molecule is CC(=O)N(C(=O)C1CCN(Cc2ccccc2)C1)c1cccc(N)c1. The number of amides is 2. The number of carbonyl (C=O) groups excluding carboxylic acids is 2. The molecular weight excluding hydrogens is 314 g/mol. The Morgan fingerprint density at radius 1 is 1.16 bits per heavy atom. The third-order valence-electron chi connectivity index (χ3n) is 4.53. The van der Waals surface area contributed by atoms with Crippen LogP contribution >= 0.6 is 0 Å². The average Bonchev–Trinajstić information content (AvgIpc) is 3.04. The summed E-state index contributed by atoms with van der Waals surface area (Å²) >= 11 is 0. The van der Waals surface area contributed by atoms with Gasteiger partial charge < -0.3 is 5.73 Å². The van der Waals surface area contributed by atoms with Gasteiger partial charge in [-0.05, 0) is 36.7 Å². The van der Waals surface area contributed by atoms with Crippen LogP contribution in [0.5, 0.6) is 0 Å². The summed E-state index contributed by atoms with van der Waals surface area (Å²) in [5, 5.41) is 0. The molecular formula is C20H23N3O2. The predicted octanol–water partition coefficient (Wildman–Crippen LogP) is 2.67. The lowest BCUT2D eigenvalue weighted by Crippen LogP contribution is -2.40. The van der Waals surface area contributed by atoms with Crippen LogP contribution in [0, 0.1) is 5.92 Å². The second kappa shape index (κ2) is 7.49. The molecule has 0 bridgehead atoms. The predicted molar refractivity (Wildman–Crippen MR) is 98.8 cm³/mol. The molecule has 1 aliphatic rings. The molecule has 1 atom stereocenters. The number of nitrogen functional groups attached to an aromatic ring is 1. The molecule has 130 valence electrons. The standard InChI is InChI=1S/C20H23N3O2/c1-15(24)23(19-9-5-8-18(21)12-19)20(25)17-10-11-22(14-17)13-16-6-3-2-4-7-16/h2-9,12,17H,10-11,13-14,21H2,1H3. The van der Waals surface area contributed by atoms with Gasteiger partial charge in [0.15, 0.2) is 0 Å². The fourth-order valence-electron chi connectivity index (χ4n) is 3.33. The zero-order valence-electron chi connectivity index (χ0n) is 14.4. The van der Waals surface area contributed by atoms with E-state index in [9.17, 15) is 9.59 Å². The summed E-state index contributed by atoms with van der Waals surface area (Å²) in [7, 11) is 0. The monoisotopic (exact) mass is 337 g/mol. The zero-order valence-corrected chi connectivity index (χ0v) is 14.4. The molecule has 0 radical (unpaired) electrons. The molecule has 5 nitrogen and oxygen atoms in total. The number of likely N-dealkylation sites (tertiary alicyclic amines) is 1. The first-order valence-electron chi connectivity index (χ1n) is 8.51. The van der Waals surface area contributed by atoms with Crippen LogP contribution in [0.25, 0.3) is 0 Å². The fourth-order valence-corrected chi connectivity index (χ4v) is 3.33. The fraction of sp³-hybridized carbons (Fsp3) is 0.300. The smallest absolute Gasteiger partial charge is 0.238 e. The first-order valence-corrected chi connectivity index (χ1v) is 8.51. The van der Waals surface area contributed by atoms with Gasteiger partial charge in [-0.25, -0.2) is 0 Å². The highest BCUT2D eigenvalue weighted by Gasteiger charge is 2.33. The number of rotatable bonds is 4. The van der Waals surface area contributed by atoms with E-state index in [1.165, 1.54) is 17.4 Å². The molecule has 0 aromatic heterocycles. The normalized spacial score (nSPS) is 17.4. The summed E-state index contributed by atoms with van der Waals surface area (Å²) in [5.41, 5.74) is 8.11. The second-order valence-electron chi connectivity index (χ2n) is 6.49. The maximum absolute atomic E-state index is 12.9. The van der Waals surface area contributed by atoms with Crippen LogP contribution < -0.4 is 10.6 Å². The van der Waals surface area contributed by atoms with Crippen molar-refractivity contribution in [3.8, 4) is 0 Å². The third kappa shape index (κ3) is 4.06. The third-order valence-corrected chi connectivity index (χ3v) is 4.53. The maximum atomic E-state index is 12.9. The van der Waals surface area contributed by atoms with Gasteiger partial charge in [-0.15, -0.1) is 0 Å². The Morgan fingerprint density at radius 3 is 2.60 bits per heavy atom. The first kappa shape index (κ1) is 17.2. The number of imide groups is 1. The number of nitrogens with zero attached hydrogens (tertiary/aromatic N) is 2. The summed E-state index contributed by atoms with van der Waals surface area (Å²) in [4.78, 5) is 28.5. The van der Waals surface area contributed by atoms with E-state index in [-0.39, 0.29) is 17.7 Å². The van der Waals surface area contributed by atoms with Crippen LogP contribution in [-0.2, 0) is 16.1 Å². The molecule has 2 aromatic rings. The van der Waals surface area contributed by atoms with Crippen LogP contribution in [-0.4, -0.2) is 29.8 Å². The summed E-state index contributed by atoms with van der Waals surface area (Å²) < 4.78 is 0. The van der Waals surface area contributed by atoms with E-state index < -0.39 is 0 Å². The molecule has 0 spiro atoms. The van der Waals surface area contributed by atoms with Gasteiger partial charge in [0.1, 0.15) is 0 Å². The van der Waals surface area contributed by atoms with Crippen molar-refractivity contribution in [1.29, 1.82) is 0 Å². The van der Waals surface area contributed by atoms with Crippen molar-refractivity contribution in [2.75, 3.05) is 23.7 Å². The molecule has 0 aliphatic carbocycles. The van der Waals surface area contributed by atoms with E-state index >= 15 is 0 Å². The van der Waals surface area contributed by atoms with Crippen molar-refractivity contribution in [3.63, 3.8) is 0 Å². The Morgan fingerprint density at radius 2 is 1.92 bits per heavy atom. The van der Waals surface area contributed by atoms with Crippen LogP contribution in [0.15, 0.2) is 54.6 Å². The molecule has 25 heavy (non-hydrogen) atoms. The Labute approximate surface area is 148 Å². The van der Waals surface area contributed by atoms with E-state index in [0.717, 1.165) is 19.5 Å². The zero-order chi connectivity index (χ0) is 17.8. The minimum Gasteiger partial charge on any atom is -0.399 e. The van der Waals surface area contributed by atoms with Crippen molar-refractivity contribution in [3.05, 3.63) is 60.2 Å². The minimum absolute atomic E-state index is 0.145. The van der Waals surface area contributed by atoms with E-state index in [1.54, 1.807) is 24.3 Å². The van der Waals surface area contributed by atoms with Gasteiger partial charge in [-0.1, -0.05) is 36.4 Å². The molecule has 2 aromatic carbocycles. The van der Waals surface area contributed by atoms with Gasteiger partial charge in [0.25, 0.3) is 0 Å². The molecule has 3 rings (SSSR count). The molecule has 1 saturated heterocycles. The first-order chi connectivity index (χ1) is 12.0. The molecule has 1 heterocycles. The summed E-state index contributed by atoms with van der Waals surface area (Å²) in [6.07, 6.45) is 0.762. The van der Waals surface area contributed by atoms with Crippen LogP contribution in [0.2, 0.25) is 0 Å². The highest BCUT2D eigenvalue weighted by molar-refractivity contribution is 6.15. The molecule has 2 N–H and O–H groups in total. The lowest BCUT2D eigenvalue weighted by atomic mass is 10.1. The van der Waals surface area contributed by atoms with Crippen molar-refractivity contribution in [2.45, 2.75) is 19.9 Å². The molecule has 1 unspecified atom stereocenters. The van der Waals surface area contributed by atoms with Gasteiger partial charge in [0.05, 0.1) is 11.6 Å². The number of benzene rings is 2. The topological polar surface area (TPSA) is 66.6 Å². The Kier molecular flexibility index (Phi) is 5.14.